The molecule has 2 aromatic heterocycles. The Labute approximate surface area is 170 Å². The minimum Gasteiger partial charge on any atom is -0.465 e. The van der Waals surface area contributed by atoms with E-state index in [1.807, 2.05) is 31.0 Å². The van der Waals surface area contributed by atoms with Gasteiger partial charge in [0.05, 0.1) is 18.7 Å². The number of carbonyl (C=O) groups is 1. The summed E-state index contributed by atoms with van der Waals surface area (Å²) >= 11 is 1.50. The van der Waals surface area contributed by atoms with E-state index in [4.69, 9.17) is 4.42 Å². The SMILES string of the molecule is Cc1ccc(CN(C)CC(=O)Nc2sc3c(c2C#N)CC(C)(C)NC3(C)C)o1. The first-order valence-corrected chi connectivity index (χ1v) is 10.2. The molecule has 0 spiro atoms. The number of fused-ring (bicyclic) bond motifs is 1. The summed E-state index contributed by atoms with van der Waals surface area (Å²) in [4.78, 5) is 15.6. The lowest BCUT2D eigenvalue weighted by Crippen LogP contribution is -2.54. The molecule has 1 aliphatic rings. The summed E-state index contributed by atoms with van der Waals surface area (Å²) in [5, 5.41) is 17.0. The largest absolute Gasteiger partial charge is 0.465 e. The van der Waals surface area contributed by atoms with Crippen molar-refractivity contribution in [1.82, 2.24) is 10.2 Å². The lowest BCUT2D eigenvalue weighted by atomic mass is 9.81. The topological polar surface area (TPSA) is 81.3 Å². The second-order valence-corrected chi connectivity index (χ2v) is 9.79. The molecule has 2 aromatic rings. The highest BCUT2D eigenvalue weighted by atomic mass is 32.1. The highest BCUT2D eigenvalue weighted by Crippen LogP contribution is 2.44. The normalized spacial score (nSPS) is 17.2. The van der Waals surface area contributed by atoms with Crippen LogP contribution in [0.15, 0.2) is 16.5 Å². The number of rotatable bonds is 5. The van der Waals surface area contributed by atoms with Crippen molar-refractivity contribution in [2.45, 2.75) is 58.7 Å². The van der Waals surface area contributed by atoms with Gasteiger partial charge in [0.15, 0.2) is 0 Å². The van der Waals surface area contributed by atoms with E-state index < -0.39 is 0 Å². The summed E-state index contributed by atoms with van der Waals surface area (Å²) < 4.78 is 5.57. The average Bonchev–Trinajstić information content (AvgIpc) is 3.08. The van der Waals surface area contributed by atoms with E-state index in [9.17, 15) is 10.1 Å². The van der Waals surface area contributed by atoms with E-state index in [-0.39, 0.29) is 23.5 Å². The summed E-state index contributed by atoms with van der Waals surface area (Å²) in [5.74, 6) is 1.55. The zero-order chi connectivity index (χ0) is 20.7. The Kier molecular flexibility index (Phi) is 5.41. The number of amides is 1. The molecular formula is C21H28N4O2S. The first-order valence-electron chi connectivity index (χ1n) is 9.40. The van der Waals surface area contributed by atoms with Gasteiger partial charge in [0.1, 0.15) is 22.6 Å². The number of thiophene rings is 1. The first kappa shape index (κ1) is 20.6. The third-order valence-electron chi connectivity index (χ3n) is 4.84. The van der Waals surface area contributed by atoms with Crippen molar-refractivity contribution in [1.29, 1.82) is 5.26 Å². The van der Waals surface area contributed by atoms with Crippen LogP contribution >= 0.6 is 11.3 Å². The van der Waals surface area contributed by atoms with Crippen LogP contribution in [0, 0.1) is 18.3 Å². The van der Waals surface area contributed by atoms with Gasteiger partial charge in [-0.1, -0.05) is 0 Å². The maximum atomic E-state index is 12.6. The molecule has 0 aliphatic carbocycles. The van der Waals surface area contributed by atoms with Crippen molar-refractivity contribution >= 4 is 22.2 Å². The second kappa shape index (κ2) is 7.36. The second-order valence-electron chi connectivity index (χ2n) is 8.77. The van der Waals surface area contributed by atoms with Gasteiger partial charge < -0.3 is 15.1 Å². The number of hydrogen-bond donors (Lipinski definition) is 2. The van der Waals surface area contributed by atoms with Gasteiger partial charge >= 0.3 is 0 Å². The van der Waals surface area contributed by atoms with Crippen molar-refractivity contribution in [3.8, 4) is 6.07 Å². The first-order chi connectivity index (χ1) is 13.0. The maximum absolute atomic E-state index is 12.6. The van der Waals surface area contributed by atoms with Gasteiger partial charge in [-0.05, 0) is 65.8 Å². The van der Waals surface area contributed by atoms with Crippen LogP contribution in [-0.4, -0.2) is 29.9 Å². The van der Waals surface area contributed by atoms with Gasteiger partial charge in [-0.3, -0.25) is 9.69 Å². The summed E-state index contributed by atoms with van der Waals surface area (Å²) in [5.41, 5.74) is 1.30. The molecule has 3 heterocycles. The smallest absolute Gasteiger partial charge is 0.239 e. The molecule has 28 heavy (non-hydrogen) atoms. The highest BCUT2D eigenvalue weighted by Gasteiger charge is 2.40. The average molecular weight is 401 g/mol. The van der Waals surface area contributed by atoms with Crippen LogP contribution in [0.3, 0.4) is 0 Å². The fourth-order valence-electron chi connectivity index (χ4n) is 4.04. The number of nitriles is 1. The lowest BCUT2D eigenvalue weighted by molar-refractivity contribution is -0.117. The number of hydrogen-bond acceptors (Lipinski definition) is 6. The van der Waals surface area contributed by atoms with Gasteiger partial charge in [-0.15, -0.1) is 11.3 Å². The summed E-state index contributed by atoms with van der Waals surface area (Å²) in [7, 11) is 1.87. The fraction of sp³-hybridized carbons (Fsp3) is 0.524. The molecule has 0 atom stereocenters. The van der Waals surface area contributed by atoms with E-state index in [2.05, 4.69) is 44.4 Å². The van der Waals surface area contributed by atoms with Gasteiger partial charge in [0.25, 0.3) is 0 Å². The van der Waals surface area contributed by atoms with Gasteiger partial charge in [0.2, 0.25) is 5.91 Å². The third-order valence-corrected chi connectivity index (χ3v) is 6.32. The Balaban J connectivity index is 1.75. The standard InChI is InChI=1S/C21H28N4O2S/c1-13-7-8-14(27-13)11-25(6)12-17(26)23-19-16(10-22)15-9-20(2,3)24-21(4,5)18(15)28-19/h7-8,24H,9,11-12H2,1-6H3,(H,23,26). The molecular weight excluding hydrogens is 372 g/mol. The number of furan rings is 1. The Bertz CT molecular complexity index is 933. The van der Waals surface area contributed by atoms with Crippen LogP contribution in [-0.2, 0) is 23.3 Å². The van der Waals surface area contributed by atoms with Crippen molar-refractivity contribution in [3.63, 3.8) is 0 Å². The Morgan fingerprint density at radius 1 is 1.39 bits per heavy atom. The van der Waals surface area contributed by atoms with Crippen LogP contribution in [0.25, 0.3) is 0 Å². The summed E-state index contributed by atoms with van der Waals surface area (Å²) in [6.45, 7) is 11.2. The molecule has 0 saturated carbocycles. The number of aryl methyl sites for hydroxylation is 1. The molecule has 0 aromatic carbocycles. The minimum atomic E-state index is -0.246. The molecule has 3 rings (SSSR count). The molecule has 2 N–H and O–H groups in total. The van der Waals surface area contributed by atoms with E-state index in [0.717, 1.165) is 28.4 Å². The minimum absolute atomic E-state index is 0.105. The van der Waals surface area contributed by atoms with Crippen LogP contribution in [0.2, 0.25) is 0 Å². The van der Waals surface area contributed by atoms with Gasteiger partial charge in [-0.2, -0.15) is 5.26 Å². The number of likely N-dealkylation sites (N-methyl/N-ethyl adjacent to an activating group) is 1. The Morgan fingerprint density at radius 2 is 2.11 bits per heavy atom. The number of anilines is 1. The monoisotopic (exact) mass is 400 g/mol. The quantitative estimate of drug-likeness (QED) is 0.799. The molecule has 0 radical (unpaired) electrons. The number of nitrogens with zero attached hydrogens (tertiary/aromatic N) is 2. The third kappa shape index (κ3) is 4.30. The van der Waals surface area contributed by atoms with Crippen LogP contribution in [0.5, 0.6) is 0 Å². The fourth-order valence-corrected chi connectivity index (χ4v) is 5.28. The molecule has 0 saturated heterocycles. The van der Waals surface area contributed by atoms with Crippen LogP contribution < -0.4 is 10.6 Å². The molecule has 1 aliphatic heterocycles. The molecule has 1 amide bonds. The van der Waals surface area contributed by atoms with Crippen LogP contribution in [0.1, 0.15) is 55.2 Å². The van der Waals surface area contributed by atoms with Crippen molar-refractivity contribution in [2.75, 3.05) is 18.9 Å². The summed E-state index contributed by atoms with van der Waals surface area (Å²) in [6.07, 6.45) is 0.763. The predicted octanol–water partition coefficient (Wildman–Crippen LogP) is 3.75. The van der Waals surface area contributed by atoms with Gasteiger partial charge in [-0.25, -0.2) is 0 Å². The van der Waals surface area contributed by atoms with Crippen molar-refractivity contribution < 1.29 is 9.21 Å². The molecule has 0 bridgehead atoms. The van der Waals surface area contributed by atoms with Crippen molar-refractivity contribution in [3.05, 3.63) is 39.7 Å². The predicted molar refractivity (Wildman–Crippen MR) is 111 cm³/mol. The van der Waals surface area contributed by atoms with Crippen LogP contribution in [0.4, 0.5) is 5.00 Å². The lowest BCUT2D eigenvalue weighted by Gasteiger charge is -2.42. The van der Waals surface area contributed by atoms with E-state index in [0.29, 0.717) is 17.1 Å². The Morgan fingerprint density at radius 3 is 2.71 bits per heavy atom. The molecule has 0 fully saturated rings. The highest BCUT2D eigenvalue weighted by molar-refractivity contribution is 7.17. The molecule has 7 heteroatoms. The van der Waals surface area contributed by atoms with Crippen molar-refractivity contribution in [2.24, 2.45) is 0 Å². The molecule has 0 unspecified atom stereocenters. The Hall–Kier alpha value is -2.14. The van der Waals surface area contributed by atoms with E-state index >= 15 is 0 Å². The summed E-state index contributed by atoms with van der Waals surface area (Å²) in [6, 6.07) is 6.15. The number of nitrogens with one attached hydrogen (secondary N) is 2. The maximum Gasteiger partial charge on any atom is 0.239 e. The van der Waals surface area contributed by atoms with E-state index in [1.54, 1.807) is 0 Å². The number of carbonyl (C=O) groups excluding carboxylic acids is 1. The van der Waals surface area contributed by atoms with Gasteiger partial charge in [0, 0.05) is 16.0 Å². The molecule has 6 nitrogen and oxygen atoms in total. The zero-order valence-corrected chi connectivity index (χ0v) is 18.2. The zero-order valence-electron chi connectivity index (χ0n) is 17.4. The van der Waals surface area contributed by atoms with E-state index in [1.165, 1.54) is 11.3 Å². The molecule has 150 valence electrons.